The average molecular weight is 615 g/mol. The van der Waals surface area contributed by atoms with E-state index in [1.807, 2.05) is 33.8 Å². The first-order valence-electron chi connectivity index (χ1n) is 15.7. The second-order valence-corrected chi connectivity index (χ2v) is 19.8. The highest BCUT2D eigenvalue weighted by Crippen LogP contribution is 2.67. The molecule has 1 unspecified atom stereocenters. The Kier molecular flexibility index (Phi) is 7.91. The summed E-state index contributed by atoms with van der Waals surface area (Å²) >= 11 is 0. The van der Waals surface area contributed by atoms with Crippen LogP contribution in [0, 0.1) is 28.6 Å². The van der Waals surface area contributed by atoms with Crippen molar-refractivity contribution >= 4 is 20.3 Å². The minimum Gasteiger partial charge on any atom is -0.455 e. The van der Waals surface area contributed by atoms with Crippen LogP contribution in [0.25, 0.3) is 0 Å². The van der Waals surface area contributed by atoms with Gasteiger partial charge in [0.1, 0.15) is 17.8 Å². The van der Waals surface area contributed by atoms with E-state index in [0.29, 0.717) is 12.0 Å². The number of benzene rings is 1. The van der Waals surface area contributed by atoms with Gasteiger partial charge in [-0.05, 0) is 56.6 Å². The Morgan fingerprint density at radius 2 is 1.70 bits per heavy atom. The maximum Gasteiger partial charge on any atom is 0.338 e. The number of aliphatic hydroxyl groups excluding tert-OH is 1. The smallest absolute Gasteiger partial charge is 0.338 e. The SMILES string of the molecule is CC(=O)O[C@@]12CO[C@@H]1C[C@H](C)[C@]1(C)C2[C@H](OC(=O)c2ccccc2)[C@]2(O)C[C@H](O[Si](C)(C)C)C(C)=C([C@@H](C)[C@H]1O)C2(C)C. The van der Waals surface area contributed by atoms with Gasteiger partial charge in [0, 0.05) is 30.1 Å². The Labute approximate surface area is 257 Å². The molecule has 1 aromatic rings. The summed E-state index contributed by atoms with van der Waals surface area (Å²) in [6.45, 7) is 19.9. The molecule has 0 aromatic heterocycles. The van der Waals surface area contributed by atoms with Crippen LogP contribution in [0.4, 0.5) is 0 Å². The molecule has 9 heteroatoms. The van der Waals surface area contributed by atoms with Crippen molar-refractivity contribution in [3.05, 3.63) is 47.0 Å². The van der Waals surface area contributed by atoms with Crippen molar-refractivity contribution in [3.8, 4) is 0 Å². The molecule has 0 amide bonds. The van der Waals surface area contributed by atoms with Gasteiger partial charge in [-0.3, -0.25) is 4.79 Å². The average Bonchev–Trinajstić information content (AvgIpc) is 2.90. The molecule has 1 aromatic carbocycles. The first-order chi connectivity index (χ1) is 19.8. The number of esters is 2. The number of ether oxygens (including phenoxy) is 3. The normalized spacial score (nSPS) is 42.0. The summed E-state index contributed by atoms with van der Waals surface area (Å²) in [6.07, 6.45) is -2.20. The Bertz CT molecular complexity index is 1300. The lowest BCUT2D eigenvalue weighted by atomic mass is 9.42. The third kappa shape index (κ3) is 4.76. The fraction of sp³-hybridized carbons (Fsp3) is 0.706. The molecule has 2 saturated carbocycles. The van der Waals surface area contributed by atoms with Crippen LogP contribution < -0.4 is 0 Å². The van der Waals surface area contributed by atoms with E-state index < -0.39 is 72.6 Å². The largest absolute Gasteiger partial charge is 0.455 e. The number of aliphatic hydroxyl groups is 2. The van der Waals surface area contributed by atoms with Gasteiger partial charge < -0.3 is 28.8 Å². The minimum absolute atomic E-state index is 0.0950. The van der Waals surface area contributed by atoms with Crippen molar-refractivity contribution in [2.45, 2.75) is 117 Å². The molecular weight excluding hydrogens is 564 g/mol. The topological polar surface area (TPSA) is 112 Å². The highest BCUT2D eigenvalue weighted by atomic mass is 28.4. The third-order valence-corrected chi connectivity index (χ3v) is 12.4. The molecule has 2 N–H and O–H groups in total. The Morgan fingerprint density at radius 1 is 1.07 bits per heavy atom. The van der Waals surface area contributed by atoms with Gasteiger partial charge in [-0.15, -0.1) is 0 Å². The van der Waals surface area contributed by atoms with E-state index in [1.54, 1.807) is 24.3 Å². The lowest BCUT2D eigenvalue weighted by molar-refractivity contribution is -0.356. The molecule has 43 heavy (non-hydrogen) atoms. The quantitative estimate of drug-likeness (QED) is 0.262. The van der Waals surface area contributed by atoms with Gasteiger partial charge in [-0.2, -0.15) is 0 Å². The number of hydrogen-bond donors (Lipinski definition) is 2. The van der Waals surface area contributed by atoms with Crippen LogP contribution in [0.5, 0.6) is 0 Å². The highest BCUT2D eigenvalue weighted by Gasteiger charge is 2.76. The fourth-order valence-electron chi connectivity index (χ4n) is 9.26. The van der Waals surface area contributed by atoms with E-state index in [-0.39, 0.29) is 24.9 Å². The van der Waals surface area contributed by atoms with Crippen LogP contribution in [0.3, 0.4) is 0 Å². The Morgan fingerprint density at radius 3 is 2.23 bits per heavy atom. The zero-order valence-electron chi connectivity index (χ0n) is 27.4. The van der Waals surface area contributed by atoms with Gasteiger partial charge >= 0.3 is 11.9 Å². The molecule has 3 fully saturated rings. The molecule has 0 spiro atoms. The van der Waals surface area contributed by atoms with Crippen molar-refractivity contribution in [2.75, 3.05) is 6.61 Å². The van der Waals surface area contributed by atoms with E-state index in [0.717, 1.165) is 11.1 Å². The van der Waals surface area contributed by atoms with Crippen molar-refractivity contribution in [1.82, 2.24) is 0 Å². The van der Waals surface area contributed by atoms with E-state index in [2.05, 4.69) is 33.5 Å². The molecule has 10 atom stereocenters. The number of hydrogen-bond acceptors (Lipinski definition) is 8. The zero-order valence-corrected chi connectivity index (χ0v) is 28.4. The lowest BCUT2D eigenvalue weighted by Gasteiger charge is -2.70. The van der Waals surface area contributed by atoms with Crippen LogP contribution in [0.1, 0.15) is 71.7 Å². The van der Waals surface area contributed by atoms with Crippen molar-refractivity contribution in [3.63, 3.8) is 0 Å². The van der Waals surface area contributed by atoms with Crippen LogP contribution in [-0.4, -0.2) is 72.7 Å². The molecule has 5 rings (SSSR count). The zero-order chi connectivity index (χ0) is 31.9. The predicted octanol–water partition coefficient (Wildman–Crippen LogP) is 5.28. The van der Waals surface area contributed by atoms with Gasteiger partial charge in [0.05, 0.1) is 30.3 Å². The molecule has 1 heterocycles. The second-order valence-electron chi connectivity index (χ2n) is 15.3. The molecule has 238 valence electrons. The van der Waals surface area contributed by atoms with Crippen molar-refractivity contribution in [1.29, 1.82) is 0 Å². The second kappa shape index (κ2) is 10.5. The molecule has 8 nitrogen and oxygen atoms in total. The van der Waals surface area contributed by atoms with Gasteiger partial charge in [0.25, 0.3) is 0 Å². The van der Waals surface area contributed by atoms with Gasteiger partial charge in [0.15, 0.2) is 13.9 Å². The first-order valence-corrected chi connectivity index (χ1v) is 19.1. The summed E-state index contributed by atoms with van der Waals surface area (Å²) in [5.41, 5.74) is -2.38. The van der Waals surface area contributed by atoms with Gasteiger partial charge in [-0.1, -0.05) is 58.4 Å². The minimum atomic E-state index is -2.10. The summed E-state index contributed by atoms with van der Waals surface area (Å²) in [5.74, 6) is -2.30. The molecule has 4 aliphatic rings. The maximum absolute atomic E-state index is 14.0. The molecule has 0 radical (unpaired) electrons. The summed E-state index contributed by atoms with van der Waals surface area (Å²) in [4.78, 5) is 26.7. The van der Waals surface area contributed by atoms with E-state index >= 15 is 0 Å². The highest BCUT2D eigenvalue weighted by molar-refractivity contribution is 6.69. The number of rotatable bonds is 5. The number of fused-ring (bicyclic) bond motifs is 5. The van der Waals surface area contributed by atoms with Crippen molar-refractivity contribution < 1.29 is 38.4 Å². The number of carbonyl (C=O) groups is 2. The van der Waals surface area contributed by atoms with Crippen LogP contribution in [0.15, 0.2) is 41.5 Å². The first kappa shape index (κ1) is 32.4. The standard InChI is InChI=1S/C34H50O8Si/c1-19-16-25-33(18-39-25,41-22(4)35)27-29(40-30(37)23-14-12-11-13-15-23)34(38)17-24(42-43(8,9)10)20(2)26(31(34,5)6)21(3)28(36)32(19,27)7/h11-15,19,21,24-25,27-29,36,38H,16-18H2,1-10H3/t19-,21+,24-,25+,27?,28+,29-,32+,33-,34+/m0/s1. The van der Waals surface area contributed by atoms with E-state index in [4.69, 9.17) is 18.6 Å². The van der Waals surface area contributed by atoms with Crippen molar-refractivity contribution in [2.24, 2.45) is 28.6 Å². The van der Waals surface area contributed by atoms with Crippen LogP contribution in [-0.2, 0) is 23.4 Å². The summed E-state index contributed by atoms with van der Waals surface area (Å²) in [5, 5.41) is 25.9. The van der Waals surface area contributed by atoms with Crippen LogP contribution >= 0.6 is 0 Å². The van der Waals surface area contributed by atoms with Gasteiger partial charge in [-0.25, -0.2) is 4.79 Å². The summed E-state index contributed by atoms with van der Waals surface area (Å²) in [6, 6.07) is 8.73. The fourth-order valence-corrected chi connectivity index (χ4v) is 10.4. The van der Waals surface area contributed by atoms with E-state index in [1.165, 1.54) is 6.92 Å². The third-order valence-electron chi connectivity index (χ3n) is 11.5. The predicted molar refractivity (Wildman–Crippen MR) is 165 cm³/mol. The molecular formula is C34H50O8Si. The Hall–Kier alpha value is -2.04. The van der Waals surface area contributed by atoms with Gasteiger partial charge in [0.2, 0.25) is 0 Å². The van der Waals surface area contributed by atoms with Crippen LogP contribution in [0.2, 0.25) is 19.6 Å². The Balaban J connectivity index is 1.81. The molecule has 1 saturated heterocycles. The monoisotopic (exact) mass is 614 g/mol. The number of carbonyl (C=O) groups excluding carboxylic acids is 2. The molecule has 1 aliphatic heterocycles. The van der Waals surface area contributed by atoms with E-state index in [9.17, 15) is 19.8 Å². The molecule has 3 aliphatic carbocycles. The summed E-state index contributed by atoms with van der Waals surface area (Å²) < 4.78 is 25.6. The molecule has 2 bridgehead atoms. The maximum atomic E-state index is 14.0. The summed E-state index contributed by atoms with van der Waals surface area (Å²) in [7, 11) is -2.10. The lowest BCUT2D eigenvalue weighted by Crippen LogP contribution is -2.80.